The molecule has 328 valence electrons. The predicted octanol–water partition coefficient (Wildman–Crippen LogP) is 10.0. The quantitative estimate of drug-likeness (QED) is 0.0746. The van der Waals surface area contributed by atoms with Gasteiger partial charge in [-0.25, -0.2) is 0 Å². The zero-order chi connectivity index (χ0) is 43.1. The summed E-state index contributed by atoms with van der Waals surface area (Å²) >= 11 is 0. The molecular formula is C54H58O9. The Morgan fingerprint density at radius 2 is 0.492 bits per heavy atom. The minimum atomic E-state index is -0.961. The predicted molar refractivity (Wildman–Crippen MR) is 240 cm³/mol. The smallest absolute Gasteiger partial charge is 0.189 e. The molecule has 6 aromatic carbocycles. The topological polar surface area (TPSA) is 83.1 Å². The van der Waals surface area contributed by atoms with Crippen LogP contribution in [0.2, 0.25) is 0 Å². The summed E-state index contributed by atoms with van der Waals surface area (Å²) in [4.78, 5) is 0. The van der Waals surface area contributed by atoms with E-state index in [-0.39, 0.29) is 13.2 Å². The maximum Gasteiger partial charge on any atom is 0.189 e. The van der Waals surface area contributed by atoms with E-state index in [1.54, 1.807) is 0 Å². The van der Waals surface area contributed by atoms with Crippen LogP contribution in [-0.2, 0) is 82.3 Å². The van der Waals surface area contributed by atoms with Crippen molar-refractivity contribution < 1.29 is 42.6 Å². The van der Waals surface area contributed by atoms with Gasteiger partial charge >= 0.3 is 0 Å². The van der Waals surface area contributed by atoms with Crippen molar-refractivity contribution in [2.75, 3.05) is 0 Å². The van der Waals surface area contributed by atoms with Crippen molar-refractivity contribution in [1.29, 1.82) is 0 Å². The summed E-state index contributed by atoms with van der Waals surface area (Å²) < 4.78 is 61.8. The van der Waals surface area contributed by atoms with Gasteiger partial charge in [0.05, 0.1) is 51.8 Å². The lowest BCUT2D eigenvalue weighted by Crippen LogP contribution is -2.64. The van der Waals surface area contributed by atoms with Gasteiger partial charge < -0.3 is 42.6 Å². The second-order valence-electron chi connectivity index (χ2n) is 16.1. The highest BCUT2D eigenvalue weighted by Gasteiger charge is 2.53. The molecule has 2 aliphatic rings. The highest BCUT2D eigenvalue weighted by atomic mass is 16.8. The van der Waals surface area contributed by atoms with Crippen molar-refractivity contribution >= 4 is 0 Å². The van der Waals surface area contributed by atoms with Gasteiger partial charge in [0.1, 0.15) is 36.6 Å². The van der Waals surface area contributed by atoms with Gasteiger partial charge in [0.15, 0.2) is 12.6 Å². The molecule has 0 spiro atoms. The molecule has 0 radical (unpaired) electrons. The first-order valence-corrected chi connectivity index (χ1v) is 22.0. The Hall–Kier alpha value is -5.04. The van der Waals surface area contributed by atoms with Crippen molar-refractivity contribution in [1.82, 2.24) is 0 Å². The Balaban J connectivity index is 1.12. The first-order valence-electron chi connectivity index (χ1n) is 22.0. The summed E-state index contributed by atoms with van der Waals surface area (Å²) in [6.07, 6.45) is -6.60. The molecule has 63 heavy (non-hydrogen) atoms. The molecule has 2 heterocycles. The molecule has 8 rings (SSSR count). The average molecular weight is 851 g/mol. The number of ether oxygens (including phenoxy) is 9. The first-order chi connectivity index (χ1) is 31.1. The molecule has 0 unspecified atom stereocenters. The van der Waals surface area contributed by atoms with Crippen LogP contribution in [0.5, 0.6) is 0 Å². The van der Waals surface area contributed by atoms with Gasteiger partial charge in [-0.15, -0.1) is 0 Å². The first kappa shape index (κ1) is 44.6. The molecular weight excluding hydrogens is 793 g/mol. The van der Waals surface area contributed by atoms with Crippen molar-refractivity contribution in [3.05, 3.63) is 215 Å². The van der Waals surface area contributed by atoms with Gasteiger partial charge in [0.2, 0.25) is 0 Å². The third-order valence-electron chi connectivity index (χ3n) is 11.4. The van der Waals surface area contributed by atoms with Crippen LogP contribution in [0.25, 0.3) is 0 Å². The summed E-state index contributed by atoms with van der Waals surface area (Å²) in [6, 6.07) is 60.6. The average Bonchev–Trinajstić information content (AvgIpc) is 3.33. The third-order valence-corrected chi connectivity index (χ3v) is 11.4. The molecule has 2 aliphatic heterocycles. The fourth-order valence-electron chi connectivity index (χ4n) is 8.09. The van der Waals surface area contributed by atoms with Gasteiger partial charge in [-0.2, -0.15) is 0 Å². The van der Waals surface area contributed by atoms with Crippen LogP contribution >= 0.6 is 0 Å². The summed E-state index contributed by atoms with van der Waals surface area (Å²) in [6.45, 7) is 5.95. The third kappa shape index (κ3) is 12.6. The van der Waals surface area contributed by atoms with Crippen LogP contribution in [-0.4, -0.2) is 61.4 Å². The second-order valence-corrected chi connectivity index (χ2v) is 16.1. The van der Waals surface area contributed by atoms with Crippen molar-refractivity contribution in [2.24, 2.45) is 0 Å². The van der Waals surface area contributed by atoms with E-state index >= 15 is 0 Å². The molecule has 0 aromatic heterocycles. The van der Waals surface area contributed by atoms with E-state index in [2.05, 4.69) is 0 Å². The van der Waals surface area contributed by atoms with E-state index < -0.39 is 61.4 Å². The van der Waals surface area contributed by atoms with Crippen LogP contribution in [0.4, 0.5) is 0 Å². The SMILES string of the molecule is C[C@@H]1O[C@@H](O[C@@H]2O[C@@H](C)[C@H](OCc3ccccc3)[C@@H](OCc3ccccc3)[C@H]2OCc2ccccc2)[C@H](OCc2ccccc2)[C@H](OCc2ccccc2)[C@H]1OCc1ccccc1. The van der Waals surface area contributed by atoms with Crippen molar-refractivity contribution in [3.63, 3.8) is 0 Å². The standard InChI is InChI=1S/C54H58O9/c1-39-47(55-33-41-21-9-3-10-22-41)49(57-35-43-25-13-5-14-26-43)51(59-37-45-29-17-7-18-30-45)53(61-39)63-54-52(60-38-46-31-19-8-20-32-46)50(58-36-44-27-15-6-16-28-44)48(40(2)62-54)56-34-42-23-11-4-12-24-42/h3-32,39-40,47-54H,33-38H2,1-2H3/t39-,40-,47-,48-,49+,50+,51+,52+,53-,54-/m0/s1. The minimum absolute atomic E-state index is 0.286. The molecule has 9 nitrogen and oxygen atoms in total. The van der Waals surface area contributed by atoms with Crippen LogP contribution in [0, 0.1) is 0 Å². The molecule has 0 aliphatic carbocycles. The molecule has 0 N–H and O–H groups in total. The molecule has 2 saturated heterocycles. The second kappa shape index (κ2) is 23.1. The number of rotatable bonds is 20. The van der Waals surface area contributed by atoms with Crippen molar-refractivity contribution in [3.8, 4) is 0 Å². The van der Waals surface area contributed by atoms with E-state index in [1.165, 1.54) is 0 Å². The molecule has 2 fully saturated rings. The van der Waals surface area contributed by atoms with Gasteiger partial charge in [-0.3, -0.25) is 0 Å². The Labute approximate surface area is 371 Å². The molecule has 0 saturated carbocycles. The summed E-state index contributed by atoms with van der Waals surface area (Å²) in [5.41, 5.74) is 6.13. The summed E-state index contributed by atoms with van der Waals surface area (Å²) in [7, 11) is 0. The maximum atomic E-state index is 7.10. The lowest BCUT2D eigenvalue weighted by Gasteiger charge is -2.49. The Morgan fingerprint density at radius 1 is 0.286 bits per heavy atom. The molecule has 9 heteroatoms. The summed E-state index contributed by atoms with van der Waals surface area (Å²) in [5, 5.41) is 0. The van der Waals surface area contributed by atoms with E-state index in [0.29, 0.717) is 26.4 Å². The lowest BCUT2D eigenvalue weighted by molar-refractivity contribution is -0.388. The maximum absolute atomic E-state index is 7.10. The fraction of sp³-hybridized carbons (Fsp3) is 0.333. The highest BCUT2D eigenvalue weighted by Crippen LogP contribution is 2.36. The van der Waals surface area contributed by atoms with E-state index in [9.17, 15) is 0 Å². The zero-order valence-electron chi connectivity index (χ0n) is 36.0. The van der Waals surface area contributed by atoms with Crippen LogP contribution < -0.4 is 0 Å². The molecule has 0 amide bonds. The largest absolute Gasteiger partial charge is 0.368 e. The van der Waals surface area contributed by atoms with E-state index in [4.69, 9.17) is 42.6 Å². The van der Waals surface area contributed by atoms with Crippen LogP contribution in [0.3, 0.4) is 0 Å². The Bertz CT molecular complexity index is 2010. The van der Waals surface area contributed by atoms with E-state index in [0.717, 1.165) is 33.4 Å². The lowest BCUT2D eigenvalue weighted by atomic mass is 9.97. The van der Waals surface area contributed by atoms with Gasteiger partial charge in [0.25, 0.3) is 0 Å². The fourth-order valence-corrected chi connectivity index (χ4v) is 8.09. The Morgan fingerprint density at radius 3 is 0.730 bits per heavy atom. The normalized spacial score (nSPS) is 26.0. The monoisotopic (exact) mass is 850 g/mol. The zero-order valence-corrected chi connectivity index (χ0v) is 36.0. The summed E-state index contributed by atoms with van der Waals surface area (Å²) in [5.74, 6) is 0. The Kier molecular flexibility index (Phi) is 16.3. The van der Waals surface area contributed by atoms with Crippen LogP contribution in [0.15, 0.2) is 182 Å². The number of benzene rings is 6. The molecule has 6 aromatic rings. The van der Waals surface area contributed by atoms with Crippen molar-refractivity contribution in [2.45, 2.75) is 115 Å². The minimum Gasteiger partial charge on any atom is -0.368 e. The molecule has 0 bridgehead atoms. The van der Waals surface area contributed by atoms with Gasteiger partial charge in [-0.05, 0) is 47.2 Å². The molecule has 10 atom stereocenters. The number of hydrogen-bond acceptors (Lipinski definition) is 9. The van der Waals surface area contributed by atoms with Crippen LogP contribution in [0.1, 0.15) is 47.2 Å². The number of hydrogen-bond donors (Lipinski definition) is 0. The van der Waals surface area contributed by atoms with Gasteiger partial charge in [0, 0.05) is 0 Å². The van der Waals surface area contributed by atoms with E-state index in [1.807, 2.05) is 196 Å². The highest BCUT2D eigenvalue weighted by molar-refractivity contribution is 5.18. The van der Waals surface area contributed by atoms with Gasteiger partial charge in [-0.1, -0.05) is 182 Å².